The molecule has 0 spiro atoms. The molecule has 1 fully saturated rings. The second kappa shape index (κ2) is 6.08. The largest absolute Gasteiger partial charge is 0.316 e. The van der Waals surface area contributed by atoms with Crippen molar-refractivity contribution >= 4 is 0 Å². The van der Waals surface area contributed by atoms with Gasteiger partial charge in [0.25, 0.3) is 0 Å². The van der Waals surface area contributed by atoms with Crippen LogP contribution in [-0.2, 0) is 6.54 Å². The molecule has 2 aliphatic carbocycles. The van der Waals surface area contributed by atoms with Crippen LogP contribution < -0.4 is 5.32 Å². The van der Waals surface area contributed by atoms with E-state index in [4.69, 9.17) is 0 Å². The van der Waals surface area contributed by atoms with Crippen LogP contribution in [0.3, 0.4) is 0 Å². The fourth-order valence-corrected chi connectivity index (χ4v) is 3.29. The van der Waals surface area contributed by atoms with Crippen molar-refractivity contribution in [2.45, 2.75) is 52.0 Å². The molecule has 1 heterocycles. The molecule has 4 heteroatoms. The summed E-state index contributed by atoms with van der Waals surface area (Å²) in [5, 5.41) is 11.9. The normalized spacial score (nSPS) is 26.6. The molecule has 0 amide bonds. The lowest BCUT2D eigenvalue weighted by Gasteiger charge is -2.29. The van der Waals surface area contributed by atoms with Gasteiger partial charge in [-0.15, -0.1) is 10.2 Å². The topological polar surface area (TPSA) is 42.7 Å². The first-order valence-corrected chi connectivity index (χ1v) is 8.00. The van der Waals surface area contributed by atoms with E-state index < -0.39 is 0 Å². The van der Waals surface area contributed by atoms with Gasteiger partial charge in [0.05, 0.1) is 0 Å². The van der Waals surface area contributed by atoms with Gasteiger partial charge < -0.3 is 9.88 Å². The minimum absolute atomic E-state index is 0.682. The van der Waals surface area contributed by atoms with Crippen molar-refractivity contribution in [3.63, 3.8) is 0 Å². The van der Waals surface area contributed by atoms with Crippen LogP contribution in [0.2, 0.25) is 0 Å². The predicted octanol–water partition coefficient (Wildman–Crippen LogP) is 2.74. The Morgan fingerprint density at radius 1 is 1.35 bits per heavy atom. The van der Waals surface area contributed by atoms with Gasteiger partial charge in [-0.3, -0.25) is 0 Å². The lowest BCUT2D eigenvalue weighted by Crippen LogP contribution is -2.31. The van der Waals surface area contributed by atoms with Gasteiger partial charge in [0.1, 0.15) is 12.2 Å². The number of hydrogen-bond donors (Lipinski definition) is 1. The van der Waals surface area contributed by atoms with E-state index in [0.717, 1.165) is 25.6 Å². The van der Waals surface area contributed by atoms with Crippen molar-refractivity contribution in [3.05, 3.63) is 23.8 Å². The maximum absolute atomic E-state index is 4.25. The van der Waals surface area contributed by atoms with E-state index in [2.05, 4.69) is 40.0 Å². The fourth-order valence-electron chi connectivity index (χ4n) is 3.29. The minimum atomic E-state index is 0.682. The van der Waals surface area contributed by atoms with Crippen LogP contribution in [0.4, 0.5) is 0 Å². The summed E-state index contributed by atoms with van der Waals surface area (Å²) in [6, 6.07) is 0. The zero-order valence-corrected chi connectivity index (χ0v) is 12.7. The molecule has 0 radical (unpaired) electrons. The van der Waals surface area contributed by atoms with Gasteiger partial charge in [0.2, 0.25) is 0 Å². The second-order valence-electron chi connectivity index (χ2n) is 6.47. The average Bonchev–Trinajstić information content (AvgIpc) is 3.17. The van der Waals surface area contributed by atoms with Gasteiger partial charge in [-0.05, 0) is 44.4 Å². The Labute approximate surface area is 121 Å². The summed E-state index contributed by atoms with van der Waals surface area (Å²) in [6.45, 7) is 7.77. The molecule has 1 aromatic heterocycles. The molecular weight excluding hydrogens is 248 g/mol. The van der Waals surface area contributed by atoms with E-state index in [1.807, 2.05) is 6.33 Å². The third kappa shape index (κ3) is 3.11. The molecular formula is C16H26N4. The van der Waals surface area contributed by atoms with Crippen molar-refractivity contribution < 1.29 is 0 Å². The lowest BCUT2D eigenvalue weighted by molar-refractivity contribution is 0.348. The van der Waals surface area contributed by atoms with Crippen molar-refractivity contribution in [3.8, 4) is 0 Å². The summed E-state index contributed by atoms with van der Waals surface area (Å²) < 4.78 is 2.22. The quantitative estimate of drug-likeness (QED) is 0.640. The van der Waals surface area contributed by atoms with Crippen molar-refractivity contribution in [1.29, 1.82) is 0 Å². The number of allylic oxidation sites excluding steroid dienone is 1. The van der Waals surface area contributed by atoms with Crippen molar-refractivity contribution in [2.75, 3.05) is 13.1 Å². The Bertz CT molecular complexity index is 473. The molecule has 1 N–H and O–H groups in total. The van der Waals surface area contributed by atoms with Gasteiger partial charge in [-0.25, -0.2) is 0 Å². The number of nitrogens with one attached hydrogen (secondary N) is 1. The van der Waals surface area contributed by atoms with Gasteiger partial charge >= 0.3 is 0 Å². The van der Waals surface area contributed by atoms with Crippen LogP contribution in [0.1, 0.15) is 51.3 Å². The summed E-state index contributed by atoms with van der Waals surface area (Å²) >= 11 is 0. The van der Waals surface area contributed by atoms with E-state index in [1.165, 1.54) is 31.5 Å². The van der Waals surface area contributed by atoms with E-state index in [9.17, 15) is 0 Å². The highest BCUT2D eigenvalue weighted by molar-refractivity contribution is 5.09. The Balaban J connectivity index is 1.44. The minimum Gasteiger partial charge on any atom is -0.316 e. The van der Waals surface area contributed by atoms with Crippen LogP contribution in [0.15, 0.2) is 18.0 Å². The smallest absolute Gasteiger partial charge is 0.135 e. The Morgan fingerprint density at radius 3 is 2.95 bits per heavy atom. The molecule has 0 unspecified atom stereocenters. The monoisotopic (exact) mass is 274 g/mol. The van der Waals surface area contributed by atoms with Gasteiger partial charge in [0.15, 0.2) is 0 Å². The number of nitrogens with zero attached hydrogens (tertiary/aromatic N) is 3. The highest BCUT2D eigenvalue weighted by Crippen LogP contribution is 2.38. The zero-order valence-electron chi connectivity index (χ0n) is 12.7. The lowest BCUT2D eigenvalue weighted by atomic mass is 9.80. The zero-order chi connectivity index (χ0) is 13.9. The highest BCUT2D eigenvalue weighted by Gasteiger charge is 2.28. The molecule has 110 valence electrons. The molecule has 0 bridgehead atoms. The molecule has 1 aromatic rings. The van der Waals surface area contributed by atoms with Crippen LogP contribution in [-0.4, -0.2) is 27.9 Å². The maximum Gasteiger partial charge on any atom is 0.135 e. The molecule has 2 atom stereocenters. The maximum atomic E-state index is 4.25. The SMILES string of the molecule is CC1=CCC[C@@H](C)[C@@H]1CNCCn1cnnc1C1CC1. The first-order chi connectivity index (χ1) is 9.75. The summed E-state index contributed by atoms with van der Waals surface area (Å²) in [5.74, 6) is 3.40. The van der Waals surface area contributed by atoms with Crippen LogP contribution >= 0.6 is 0 Å². The van der Waals surface area contributed by atoms with E-state index in [0.29, 0.717) is 11.8 Å². The molecule has 1 saturated carbocycles. The molecule has 0 aromatic carbocycles. The average molecular weight is 274 g/mol. The number of rotatable bonds is 6. The molecule has 3 rings (SSSR count). The van der Waals surface area contributed by atoms with Crippen LogP contribution in [0.25, 0.3) is 0 Å². The van der Waals surface area contributed by atoms with Crippen LogP contribution in [0.5, 0.6) is 0 Å². The summed E-state index contributed by atoms with van der Waals surface area (Å²) in [5.41, 5.74) is 1.57. The van der Waals surface area contributed by atoms with E-state index >= 15 is 0 Å². The molecule has 0 saturated heterocycles. The Morgan fingerprint density at radius 2 is 2.20 bits per heavy atom. The van der Waals surface area contributed by atoms with Crippen molar-refractivity contribution in [1.82, 2.24) is 20.1 Å². The number of aromatic nitrogens is 3. The van der Waals surface area contributed by atoms with Gasteiger partial charge in [0, 0.05) is 25.6 Å². The van der Waals surface area contributed by atoms with Gasteiger partial charge in [-0.2, -0.15) is 0 Å². The van der Waals surface area contributed by atoms with E-state index in [1.54, 1.807) is 5.57 Å². The molecule has 2 aliphatic rings. The fraction of sp³-hybridized carbons (Fsp3) is 0.750. The molecule has 4 nitrogen and oxygen atoms in total. The third-order valence-electron chi connectivity index (χ3n) is 4.84. The standard InChI is InChI=1S/C16H26N4/c1-12-4-3-5-13(2)15(12)10-17-8-9-20-11-18-19-16(20)14-6-7-14/h4,11,13-15,17H,3,5-10H2,1-2H3/t13-,15-/m1/s1. The Hall–Kier alpha value is -1.16. The summed E-state index contributed by atoms with van der Waals surface area (Å²) in [6.07, 6.45) is 9.46. The molecule has 0 aliphatic heterocycles. The highest BCUT2D eigenvalue weighted by atomic mass is 15.3. The number of hydrogen-bond acceptors (Lipinski definition) is 3. The summed E-state index contributed by atoms with van der Waals surface area (Å²) in [4.78, 5) is 0. The van der Waals surface area contributed by atoms with Gasteiger partial charge in [-0.1, -0.05) is 18.6 Å². The second-order valence-corrected chi connectivity index (χ2v) is 6.47. The third-order valence-corrected chi connectivity index (χ3v) is 4.84. The van der Waals surface area contributed by atoms with Crippen molar-refractivity contribution in [2.24, 2.45) is 11.8 Å². The first-order valence-electron chi connectivity index (χ1n) is 8.00. The Kier molecular flexibility index (Phi) is 4.20. The predicted molar refractivity (Wildman–Crippen MR) is 80.5 cm³/mol. The molecule has 20 heavy (non-hydrogen) atoms. The van der Waals surface area contributed by atoms with Crippen LogP contribution in [0, 0.1) is 11.8 Å². The summed E-state index contributed by atoms with van der Waals surface area (Å²) in [7, 11) is 0. The van der Waals surface area contributed by atoms with E-state index in [-0.39, 0.29) is 0 Å². The first kappa shape index (κ1) is 13.8.